The monoisotopic (exact) mass is 313 g/mol. The molecule has 0 aliphatic rings. The fourth-order valence-electron chi connectivity index (χ4n) is 2.12. The highest BCUT2D eigenvalue weighted by atomic mass is 15.2. The summed E-state index contributed by atoms with van der Waals surface area (Å²) < 4.78 is 2.06. The van der Waals surface area contributed by atoms with E-state index in [-0.39, 0.29) is 0 Å². The Kier molecular flexibility index (Phi) is 6.20. The SMILES string of the molecule is CN=C(NCc1ccc(Cn2ccnc2)cc1)NC(C)C(C)C. The van der Waals surface area contributed by atoms with E-state index in [1.54, 1.807) is 13.2 Å². The maximum atomic E-state index is 4.28. The average molecular weight is 313 g/mol. The maximum absolute atomic E-state index is 4.28. The summed E-state index contributed by atoms with van der Waals surface area (Å²) in [6.07, 6.45) is 5.61. The van der Waals surface area contributed by atoms with Crippen LogP contribution in [-0.4, -0.2) is 28.6 Å². The van der Waals surface area contributed by atoms with Crippen LogP contribution in [0.1, 0.15) is 31.9 Å². The predicted octanol–water partition coefficient (Wildman–Crippen LogP) is 2.64. The number of hydrogen-bond acceptors (Lipinski definition) is 2. The van der Waals surface area contributed by atoms with Crippen molar-refractivity contribution in [3.05, 3.63) is 54.1 Å². The number of benzene rings is 1. The summed E-state index contributed by atoms with van der Waals surface area (Å²) in [6.45, 7) is 8.18. The van der Waals surface area contributed by atoms with Gasteiger partial charge in [-0.15, -0.1) is 0 Å². The highest BCUT2D eigenvalue weighted by Gasteiger charge is 2.08. The zero-order chi connectivity index (χ0) is 16.7. The van der Waals surface area contributed by atoms with Crippen LogP contribution in [0.5, 0.6) is 0 Å². The first-order valence-corrected chi connectivity index (χ1v) is 8.09. The number of guanidine groups is 1. The van der Waals surface area contributed by atoms with E-state index in [0.717, 1.165) is 19.0 Å². The van der Waals surface area contributed by atoms with E-state index in [4.69, 9.17) is 0 Å². The number of aromatic nitrogens is 2. The van der Waals surface area contributed by atoms with E-state index >= 15 is 0 Å². The van der Waals surface area contributed by atoms with Gasteiger partial charge in [0.2, 0.25) is 0 Å². The predicted molar refractivity (Wildman–Crippen MR) is 95.4 cm³/mol. The molecule has 0 aliphatic heterocycles. The topological polar surface area (TPSA) is 54.2 Å². The molecule has 1 heterocycles. The van der Waals surface area contributed by atoms with Gasteiger partial charge in [0.15, 0.2) is 5.96 Å². The van der Waals surface area contributed by atoms with Crippen molar-refractivity contribution in [3.8, 4) is 0 Å². The first-order chi connectivity index (χ1) is 11.1. The van der Waals surface area contributed by atoms with Crippen molar-refractivity contribution < 1.29 is 0 Å². The lowest BCUT2D eigenvalue weighted by Crippen LogP contribution is -2.43. The Morgan fingerprint density at radius 3 is 2.43 bits per heavy atom. The second kappa shape index (κ2) is 8.36. The van der Waals surface area contributed by atoms with E-state index in [9.17, 15) is 0 Å². The second-order valence-corrected chi connectivity index (χ2v) is 6.15. The number of hydrogen-bond donors (Lipinski definition) is 2. The molecular weight excluding hydrogens is 286 g/mol. The third-order valence-electron chi connectivity index (χ3n) is 4.00. The molecule has 0 fully saturated rings. The molecule has 2 N–H and O–H groups in total. The smallest absolute Gasteiger partial charge is 0.191 e. The number of nitrogens with zero attached hydrogens (tertiary/aromatic N) is 3. The van der Waals surface area contributed by atoms with Gasteiger partial charge in [-0.1, -0.05) is 38.1 Å². The normalized spacial score (nSPS) is 13.2. The fourth-order valence-corrected chi connectivity index (χ4v) is 2.12. The molecule has 0 spiro atoms. The van der Waals surface area contributed by atoms with Gasteiger partial charge >= 0.3 is 0 Å². The summed E-state index contributed by atoms with van der Waals surface area (Å²) in [6, 6.07) is 9.00. The van der Waals surface area contributed by atoms with E-state index in [1.807, 2.05) is 12.5 Å². The molecule has 0 bridgehead atoms. The Hall–Kier alpha value is -2.30. The van der Waals surface area contributed by atoms with Crippen LogP contribution in [0.2, 0.25) is 0 Å². The molecule has 0 radical (unpaired) electrons. The third kappa shape index (κ3) is 5.43. The zero-order valence-electron chi connectivity index (χ0n) is 14.5. The second-order valence-electron chi connectivity index (χ2n) is 6.15. The molecule has 2 rings (SSSR count). The Bertz CT molecular complexity index is 599. The highest BCUT2D eigenvalue weighted by molar-refractivity contribution is 5.79. The van der Waals surface area contributed by atoms with E-state index in [0.29, 0.717) is 12.0 Å². The molecular formula is C18H27N5. The minimum atomic E-state index is 0.388. The van der Waals surface area contributed by atoms with Crippen LogP contribution >= 0.6 is 0 Å². The van der Waals surface area contributed by atoms with Gasteiger partial charge in [-0.25, -0.2) is 4.98 Å². The van der Waals surface area contributed by atoms with Crippen molar-refractivity contribution in [2.24, 2.45) is 10.9 Å². The first kappa shape index (κ1) is 17.1. The molecule has 0 amide bonds. The summed E-state index contributed by atoms with van der Waals surface area (Å²) in [5.41, 5.74) is 2.50. The fraction of sp³-hybridized carbons (Fsp3) is 0.444. The van der Waals surface area contributed by atoms with Gasteiger partial charge in [-0.3, -0.25) is 4.99 Å². The highest BCUT2D eigenvalue weighted by Crippen LogP contribution is 2.06. The molecule has 23 heavy (non-hydrogen) atoms. The quantitative estimate of drug-likeness (QED) is 0.637. The number of aliphatic imine (C=N–C) groups is 1. The van der Waals surface area contributed by atoms with E-state index in [2.05, 4.69) is 70.2 Å². The van der Waals surface area contributed by atoms with E-state index in [1.165, 1.54) is 11.1 Å². The van der Waals surface area contributed by atoms with Crippen molar-refractivity contribution in [2.45, 2.75) is 39.9 Å². The molecule has 0 aliphatic carbocycles. The van der Waals surface area contributed by atoms with E-state index < -0.39 is 0 Å². The van der Waals surface area contributed by atoms with Gasteiger partial charge in [-0.05, 0) is 24.0 Å². The molecule has 0 saturated carbocycles. The Morgan fingerprint density at radius 1 is 1.17 bits per heavy atom. The standard InChI is InChI=1S/C18H27N5/c1-14(2)15(3)22-18(19-4)21-11-16-5-7-17(8-6-16)12-23-10-9-20-13-23/h5-10,13-15H,11-12H2,1-4H3,(H2,19,21,22). The summed E-state index contributed by atoms with van der Waals surface area (Å²) in [5.74, 6) is 1.41. The Morgan fingerprint density at radius 2 is 1.87 bits per heavy atom. The van der Waals surface area contributed by atoms with Crippen LogP contribution < -0.4 is 10.6 Å². The lowest BCUT2D eigenvalue weighted by atomic mass is 10.1. The number of nitrogens with one attached hydrogen (secondary N) is 2. The van der Waals surface area contributed by atoms with Crippen LogP contribution in [0, 0.1) is 5.92 Å². The zero-order valence-corrected chi connectivity index (χ0v) is 14.5. The molecule has 5 heteroatoms. The lowest BCUT2D eigenvalue weighted by molar-refractivity contribution is 0.481. The molecule has 5 nitrogen and oxygen atoms in total. The van der Waals surface area contributed by atoms with Gasteiger partial charge in [0, 0.05) is 38.6 Å². The van der Waals surface area contributed by atoms with Gasteiger partial charge in [-0.2, -0.15) is 0 Å². The van der Waals surface area contributed by atoms with Crippen LogP contribution in [0.4, 0.5) is 0 Å². The van der Waals surface area contributed by atoms with Crippen molar-refractivity contribution in [2.75, 3.05) is 7.05 Å². The van der Waals surface area contributed by atoms with Crippen molar-refractivity contribution >= 4 is 5.96 Å². The summed E-state index contributed by atoms with van der Waals surface area (Å²) >= 11 is 0. The Balaban J connectivity index is 1.85. The van der Waals surface area contributed by atoms with Crippen LogP contribution in [0.15, 0.2) is 48.0 Å². The molecule has 1 aromatic carbocycles. The minimum Gasteiger partial charge on any atom is -0.354 e. The molecule has 1 aromatic heterocycles. The molecule has 1 atom stereocenters. The largest absolute Gasteiger partial charge is 0.354 e. The summed E-state index contributed by atoms with van der Waals surface area (Å²) in [4.78, 5) is 8.34. The number of imidazole rings is 1. The molecule has 2 aromatic rings. The van der Waals surface area contributed by atoms with Crippen molar-refractivity contribution in [1.29, 1.82) is 0 Å². The van der Waals surface area contributed by atoms with Crippen LogP contribution in [-0.2, 0) is 13.1 Å². The van der Waals surface area contributed by atoms with Crippen LogP contribution in [0.25, 0.3) is 0 Å². The van der Waals surface area contributed by atoms with Gasteiger partial charge in [0.1, 0.15) is 0 Å². The van der Waals surface area contributed by atoms with Crippen LogP contribution in [0.3, 0.4) is 0 Å². The number of rotatable bonds is 6. The summed E-state index contributed by atoms with van der Waals surface area (Å²) in [5, 5.41) is 6.77. The molecule has 124 valence electrons. The average Bonchev–Trinajstić information content (AvgIpc) is 3.05. The Labute approximate surface area is 138 Å². The van der Waals surface area contributed by atoms with Gasteiger partial charge in [0.25, 0.3) is 0 Å². The van der Waals surface area contributed by atoms with Gasteiger partial charge in [0.05, 0.1) is 6.33 Å². The molecule has 1 unspecified atom stereocenters. The molecule has 0 saturated heterocycles. The minimum absolute atomic E-state index is 0.388. The maximum Gasteiger partial charge on any atom is 0.191 e. The van der Waals surface area contributed by atoms with Crippen molar-refractivity contribution in [1.82, 2.24) is 20.2 Å². The lowest BCUT2D eigenvalue weighted by Gasteiger charge is -2.20. The van der Waals surface area contributed by atoms with Gasteiger partial charge < -0.3 is 15.2 Å². The first-order valence-electron chi connectivity index (χ1n) is 8.09. The van der Waals surface area contributed by atoms with Crippen molar-refractivity contribution in [3.63, 3.8) is 0 Å². The summed E-state index contributed by atoms with van der Waals surface area (Å²) in [7, 11) is 1.80. The third-order valence-corrected chi connectivity index (χ3v) is 4.00.